The molecule has 0 saturated heterocycles. The zero-order valence-corrected chi connectivity index (χ0v) is 16.4. The molecule has 0 fully saturated rings. The third-order valence-corrected chi connectivity index (χ3v) is 5.64. The largest absolute Gasteiger partial charge is 0.460 e. The molecule has 18 heteroatoms. The van der Waals surface area contributed by atoms with Crippen molar-refractivity contribution in [2.24, 2.45) is 0 Å². The molecule has 188 valence electrons. The molecule has 0 aliphatic carbocycles. The Bertz CT molecular complexity index is 669. The van der Waals surface area contributed by atoms with Gasteiger partial charge in [-0.05, 0) is 0 Å². The van der Waals surface area contributed by atoms with Crippen molar-refractivity contribution >= 4 is 10.0 Å². The Morgan fingerprint density at radius 3 is 1.58 bits per heavy atom. The lowest BCUT2D eigenvalue weighted by atomic mass is 10.0. The molecule has 0 heterocycles. The predicted octanol–water partition coefficient (Wildman–Crippen LogP) is 2.72. The summed E-state index contributed by atoms with van der Waals surface area (Å²) in [7, 11) is -6.87. The molecule has 0 unspecified atom stereocenters. The van der Waals surface area contributed by atoms with Crippen molar-refractivity contribution in [1.29, 1.82) is 0 Å². The molecule has 0 saturated carbocycles. The van der Waals surface area contributed by atoms with E-state index in [0.717, 1.165) is 6.92 Å². The summed E-state index contributed by atoms with van der Waals surface area (Å²) in [4.78, 5) is 0. The van der Waals surface area contributed by atoms with Gasteiger partial charge in [-0.3, -0.25) is 0 Å². The number of halogens is 11. The van der Waals surface area contributed by atoms with Crippen molar-refractivity contribution in [3.8, 4) is 0 Å². The summed E-state index contributed by atoms with van der Waals surface area (Å²) < 4.78 is 176. The van der Waals surface area contributed by atoms with Crippen molar-refractivity contribution in [3.05, 3.63) is 0 Å². The maximum atomic E-state index is 13.9. The average Bonchev–Trinajstić information content (AvgIpc) is 2.62. The first-order valence-electron chi connectivity index (χ1n) is 8.11. The van der Waals surface area contributed by atoms with Gasteiger partial charge in [-0.25, -0.2) is 8.42 Å². The van der Waals surface area contributed by atoms with E-state index in [-0.39, 0.29) is 26.4 Å². The van der Waals surface area contributed by atoms with Gasteiger partial charge in [0, 0.05) is 13.1 Å². The summed E-state index contributed by atoms with van der Waals surface area (Å²) in [6.07, 6.45) is -7.39. The molecular formula is C13H18F11NO5S. The van der Waals surface area contributed by atoms with Gasteiger partial charge in [-0.15, -0.1) is 0 Å². The van der Waals surface area contributed by atoms with Crippen molar-refractivity contribution in [2.45, 2.75) is 36.1 Å². The van der Waals surface area contributed by atoms with Crippen LogP contribution < -0.4 is 0 Å². The van der Waals surface area contributed by atoms with E-state index in [9.17, 15) is 56.7 Å². The van der Waals surface area contributed by atoms with Crippen LogP contribution in [0.1, 0.15) is 6.92 Å². The molecule has 1 N–H and O–H groups in total. The van der Waals surface area contributed by atoms with E-state index in [0.29, 0.717) is 0 Å². The molecule has 0 aromatic rings. The number of alkyl halides is 11. The van der Waals surface area contributed by atoms with Crippen LogP contribution in [0.5, 0.6) is 0 Å². The molecule has 0 radical (unpaired) electrons. The minimum absolute atomic E-state index is 0.114. The number of sulfonamides is 1. The van der Waals surface area contributed by atoms with Crippen LogP contribution in [0.3, 0.4) is 0 Å². The first kappa shape index (κ1) is 30.0. The van der Waals surface area contributed by atoms with Gasteiger partial charge in [0.2, 0.25) is 0 Å². The lowest BCUT2D eigenvalue weighted by Crippen LogP contribution is -2.69. The number of nitrogens with zero attached hydrogens (tertiary/aromatic N) is 1. The van der Waals surface area contributed by atoms with E-state index in [4.69, 9.17) is 14.6 Å². The maximum absolute atomic E-state index is 13.9. The fourth-order valence-corrected chi connectivity index (χ4v) is 3.31. The Morgan fingerprint density at radius 1 is 0.742 bits per heavy atom. The number of aliphatic hydroxyl groups excluding tert-OH is 1. The molecule has 0 bridgehead atoms. The van der Waals surface area contributed by atoms with Crippen molar-refractivity contribution in [1.82, 2.24) is 4.31 Å². The second-order valence-corrected chi connectivity index (χ2v) is 7.66. The molecular weight excluding hydrogens is 491 g/mol. The van der Waals surface area contributed by atoms with Crippen LogP contribution in [0, 0.1) is 0 Å². The third-order valence-electron chi connectivity index (χ3n) is 3.62. The van der Waals surface area contributed by atoms with E-state index >= 15 is 0 Å². The highest BCUT2D eigenvalue weighted by Gasteiger charge is 2.89. The summed E-state index contributed by atoms with van der Waals surface area (Å²) in [5.41, 5.74) is 0. The zero-order valence-electron chi connectivity index (χ0n) is 15.5. The Balaban J connectivity index is 5.68. The van der Waals surface area contributed by atoms with Crippen LogP contribution in [0.25, 0.3) is 0 Å². The summed E-state index contributed by atoms with van der Waals surface area (Å²) in [5.74, 6) is -23.2. The van der Waals surface area contributed by atoms with E-state index in [1.807, 2.05) is 0 Å². The number of hydrogen-bond donors (Lipinski definition) is 1. The summed E-state index contributed by atoms with van der Waals surface area (Å²) in [5, 5.41) is 1.37. The molecule has 0 atom stereocenters. The van der Waals surface area contributed by atoms with Gasteiger partial charge in [-0.1, -0.05) is 6.92 Å². The molecule has 0 amide bonds. The normalized spacial score (nSPS) is 15.0. The van der Waals surface area contributed by atoms with Gasteiger partial charge in [0.05, 0.1) is 33.0 Å². The highest BCUT2D eigenvalue weighted by molar-refractivity contribution is 7.90. The van der Waals surface area contributed by atoms with Gasteiger partial charge in [0.1, 0.15) is 0 Å². The number of rotatable bonds is 14. The lowest BCUT2D eigenvalue weighted by molar-refractivity contribution is -0.413. The highest BCUT2D eigenvalue weighted by atomic mass is 32.2. The lowest BCUT2D eigenvalue weighted by Gasteiger charge is -2.38. The Labute approximate surface area is 168 Å². The van der Waals surface area contributed by atoms with Crippen LogP contribution >= 0.6 is 0 Å². The van der Waals surface area contributed by atoms with E-state index in [1.165, 1.54) is 0 Å². The van der Waals surface area contributed by atoms with Gasteiger partial charge in [0.15, 0.2) is 0 Å². The average molecular weight is 509 g/mol. The van der Waals surface area contributed by atoms with Crippen LogP contribution in [0.4, 0.5) is 48.3 Å². The number of hydrogen-bond acceptors (Lipinski definition) is 5. The predicted molar refractivity (Wildman–Crippen MR) is 80.7 cm³/mol. The van der Waals surface area contributed by atoms with Gasteiger partial charge in [0.25, 0.3) is 10.0 Å². The maximum Gasteiger partial charge on any atom is 0.460 e. The standard InChI is InChI=1S/C13H18F11NO5S/c1-2-25(3-5-29-7-8-30-6-4-26)31(27,28)13(23,24)11(18,19)9(14,15)10(16,17)12(20,21)22/h26H,2-8H2,1H3. The van der Waals surface area contributed by atoms with E-state index < -0.39 is 63.2 Å². The number of ether oxygens (including phenoxy) is 2. The first-order chi connectivity index (χ1) is 13.8. The van der Waals surface area contributed by atoms with Crippen molar-refractivity contribution in [3.63, 3.8) is 0 Å². The monoisotopic (exact) mass is 509 g/mol. The SMILES string of the molecule is CCN(CCOCCOCCO)S(=O)(=O)C(F)(F)C(F)(F)C(F)(F)C(F)(F)C(F)(F)F. The second-order valence-electron chi connectivity index (χ2n) is 5.68. The third kappa shape index (κ3) is 5.69. The summed E-state index contributed by atoms with van der Waals surface area (Å²) in [6.45, 7) is -3.19. The molecule has 31 heavy (non-hydrogen) atoms. The molecule has 0 rings (SSSR count). The fourth-order valence-electron chi connectivity index (χ4n) is 1.88. The molecule has 0 aromatic carbocycles. The molecule has 0 aliphatic heterocycles. The minimum atomic E-state index is -7.82. The minimum Gasteiger partial charge on any atom is -0.394 e. The van der Waals surface area contributed by atoms with Crippen molar-refractivity contribution in [2.75, 3.05) is 46.1 Å². The van der Waals surface area contributed by atoms with Crippen LogP contribution in [0.15, 0.2) is 0 Å². The Morgan fingerprint density at radius 2 is 1.19 bits per heavy atom. The topological polar surface area (TPSA) is 76.1 Å². The first-order valence-corrected chi connectivity index (χ1v) is 9.55. The van der Waals surface area contributed by atoms with Crippen molar-refractivity contribution < 1.29 is 71.3 Å². The van der Waals surface area contributed by atoms with Gasteiger partial charge < -0.3 is 14.6 Å². The summed E-state index contributed by atoms with van der Waals surface area (Å²) >= 11 is 0. The highest BCUT2D eigenvalue weighted by Crippen LogP contribution is 2.58. The van der Waals surface area contributed by atoms with Gasteiger partial charge in [-0.2, -0.15) is 52.6 Å². The second kappa shape index (κ2) is 10.3. The molecule has 6 nitrogen and oxygen atoms in total. The van der Waals surface area contributed by atoms with E-state index in [1.54, 1.807) is 0 Å². The Kier molecular flexibility index (Phi) is 9.98. The smallest absolute Gasteiger partial charge is 0.394 e. The molecule has 0 spiro atoms. The molecule has 0 aromatic heterocycles. The summed E-state index contributed by atoms with van der Waals surface area (Å²) in [6, 6.07) is 0. The van der Waals surface area contributed by atoms with Gasteiger partial charge >= 0.3 is 29.2 Å². The number of aliphatic hydroxyl groups is 1. The fraction of sp³-hybridized carbons (Fsp3) is 1.00. The quantitative estimate of drug-likeness (QED) is 0.288. The zero-order chi connectivity index (χ0) is 24.9. The Hall–Kier alpha value is -0.980. The molecule has 0 aliphatic rings. The van der Waals surface area contributed by atoms with Crippen LogP contribution in [0.2, 0.25) is 0 Å². The van der Waals surface area contributed by atoms with E-state index in [2.05, 4.69) is 0 Å². The van der Waals surface area contributed by atoms with Crippen LogP contribution in [-0.2, 0) is 19.5 Å². The van der Waals surface area contributed by atoms with Crippen LogP contribution in [-0.4, -0.2) is 93.2 Å². The number of likely N-dealkylation sites (N-methyl/N-ethyl adjacent to an activating group) is 1.